The Morgan fingerprint density at radius 3 is 2.43 bits per heavy atom. The summed E-state index contributed by atoms with van der Waals surface area (Å²) >= 11 is 0. The molecule has 0 saturated heterocycles. The molecule has 4 rings (SSSR count). The molecular formula is C17H15O3P. The Bertz CT molecular complexity index is 769. The molecule has 1 aliphatic carbocycles. The van der Waals surface area contributed by atoms with Crippen molar-refractivity contribution in [3.8, 4) is 0 Å². The molecule has 2 aromatic carbocycles. The minimum Gasteiger partial charge on any atom is -0.481 e. The number of hydrogen-bond acceptors (Lipinski definition) is 2. The van der Waals surface area contributed by atoms with Gasteiger partial charge in [-0.2, -0.15) is 0 Å². The van der Waals surface area contributed by atoms with Gasteiger partial charge in [-0.05, 0) is 12.0 Å². The van der Waals surface area contributed by atoms with Crippen molar-refractivity contribution < 1.29 is 14.5 Å². The van der Waals surface area contributed by atoms with Gasteiger partial charge in [-0.25, -0.2) is 0 Å². The molecule has 4 unspecified atom stereocenters. The van der Waals surface area contributed by atoms with Crippen LogP contribution in [0.25, 0.3) is 0 Å². The highest BCUT2D eigenvalue weighted by Gasteiger charge is 2.60. The fourth-order valence-corrected chi connectivity index (χ4v) is 7.80. The summed E-state index contributed by atoms with van der Waals surface area (Å²) in [6, 6.07) is 17.2. The Labute approximate surface area is 123 Å². The summed E-state index contributed by atoms with van der Waals surface area (Å²) in [7, 11) is -2.71. The average Bonchev–Trinajstić information content (AvgIpc) is 2.65. The fourth-order valence-electron chi connectivity index (χ4n) is 3.91. The van der Waals surface area contributed by atoms with E-state index in [-0.39, 0.29) is 11.6 Å². The zero-order chi connectivity index (χ0) is 14.6. The molecule has 1 saturated carbocycles. The van der Waals surface area contributed by atoms with Gasteiger partial charge in [0.1, 0.15) is 7.14 Å². The van der Waals surface area contributed by atoms with E-state index in [1.807, 2.05) is 54.6 Å². The van der Waals surface area contributed by atoms with E-state index in [1.165, 1.54) is 0 Å². The van der Waals surface area contributed by atoms with Gasteiger partial charge in [-0.3, -0.25) is 4.79 Å². The Morgan fingerprint density at radius 1 is 1.05 bits per heavy atom. The van der Waals surface area contributed by atoms with Gasteiger partial charge >= 0.3 is 5.97 Å². The number of carboxylic acid groups (broad SMARTS) is 1. The van der Waals surface area contributed by atoms with E-state index >= 15 is 0 Å². The standard InChI is InChI=1S/C17H15O3P/c18-17(19)13-10-15-16(13)12-8-4-5-9-14(12)21(15,20)11-6-2-1-3-7-11/h1-9,13,15-16H,10H2,(H,18,19). The summed E-state index contributed by atoms with van der Waals surface area (Å²) in [6.45, 7) is 0. The Kier molecular flexibility index (Phi) is 2.64. The summed E-state index contributed by atoms with van der Waals surface area (Å²) in [6.07, 6.45) is 0.515. The van der Waals surface area contributed by atoms with E-state index in [0.717, 1.165) is 16.2 Å². The molecule has 1 N–H and O–H groups in total. The minimum atomic E-state index is -2.71. The maximum absolute atomic E-state index is 13.8. The molecule has 106 valence electrons. The van der Waals surface area contributed by atoms with Crippen molar-refractivity contribution in [3.63, 3.8) is 0 Å². The second-order valence-corrected chi connectivity index (χ2v) is 8.80. The molecule has 2 aliphatic rings. The molecule has 1 heterocycles. The highest BCUT2D eigenvalue weighted by atomic mass is 31.2. The van der Waals surface area contributed by atoms with Crippen molar-refractivity contribution in [1.82, 2.24) is 0 Å². The van der Waals surface area contributed by atoms with Crippen molar-refractivity contribution in [2.24, 2.45) is 5.92 Å². The van der Waals surface area contributed by atoms with Crippen molar-refractivity contribution in [2.45, 2.75) is 18.0 Å². The molecule has 4 atom stereocenters. The van der Waals surface area contributed by atoms with Gasteiger partial charge in [0.2, 0.25) is 0 Å². The predicted molar refractivity (Wildman–Crippen MR) is 82.0 cm³/mol. The molecule has 0 aromatic heterocycles. The van der Waals surface area contributed by atoms with Crippen LogP contribution in [0.3, 0.4) is 0 Å². The second kappa shape index (κ2) is 4.32. The largest absolute Gasteiger partial charge is 0.481 e. The first-order valence-corrected chi connectivity index (χ1v) is 8.89. The van der Waals surface area contributed by atoms with Crippen LogP contribution in [0.5, 0.6) is 0 Å². The molecule has 0 radical (unpaired) electrons. The van der Waals surface area contributed by atoms with Crippen molar-refractivity contribution in [2.75, 3.05) is 0 Å². The molecule has 0 amide bonds. The lowest BCUT2D eigenvalue weighted by Crippen LogP contribution is -2.41. The van der Waals surface area contributed by atoms with Gasteiger partial charge < -0.3 is 9.67 Å². The number of benzene rings is 2. The Morgan fingerprint density at radius 2 is 1.71 bits per heavy atom. The molecule has 1 aliphatic heterocycles. The van der Waals surface area contributed by atoms with Crippen LogP contribution >= 0.6 is 7.14 Å². The molecule has 3 nitrogen and oxygen atoms in total. The van der Waals surface area contributed by atoms with Crippen LogP contribution in [0.15, 0.2) is 54.6 Å². The van der Waals surface area contributed by atoms with Crippen LogP contribution in [0, 0.1) is 5.92 Å². The Hall–Kier alpha value is -1.86. The number of fused-ring (bicyclic) bond motifs is 3. The average molecular weight is 298 g/mol. The van der Waals surface area contributed by atoms with Crippen molar-refractivity contribution >= 4 is 23.7 Å². The lowest BCUT2D eigenvalue weighted by molar-refractivity contribution is -0.145. The first-order valence-electron chi connectivity index (χ1n) is 7.11. The van der Waals surface area contributed by atoms with Crippen LogP contribution in [0.1, 0.15) is 17.9 Å². The van der Waals surface area contributed by atoms with Crippen LogP contribution < -0.4 is 10.6 Å². The minimum absolute atomic E-state index is 0.0431. The fraction of sp³-hybridized carbons (Fsp3) is 0.235. The Balaban J connectivity index is 1.92. The van der Waals surface area contributed by atoms with Gasteiger partial charge in [0.25, 0.3) is 0 Å². The van der Waals surface area contributed by atoms with Gasteiger partial charge in [0, 0.05) is 22.2 Å². The molecule has 1 fully saturated rings. The van der Waals surface area contributed by atoms with E-state index in [9.17, 15) is 14.5 Å². The van der Waals surface area contributed by atoms with Gasteiger partial charge in [-0.1, -0.05) is 54.6 Å². The number of hydrogen-bond donors (Lipinski definition) is 1. The van der Waals surface area contributed by atoms with E-state index in [1.54, 1.807) is 0 Å². The lowest BCUT2D eigenvalue weighted by Gasteiger charge is -2.40. The van der Waals surface area contributed by atoms with Crippen molar-refractivity contribution in [3.05, 3.63) is 60.2 Å². The van der Waals surface area contributed by atoms with Gasteiger partial charge in [0.05, 0.1) is 5.92 Å². The number of aliphatic carboxylic acids is 1. The van der Waals surface area contributed by atoms with Crippen LogP contribution in [-0.4, -0.2) is 16.7 Å². The summed E-state index contributed by atoms with van der Waals surface area (Å²) in [5.41, 5.74) is 0.937. The van der Waals surface area contributed by atoms with Gasteiger partial charge in [0.15, 0.2) is 0 Å². The zero-order valence-corrected chi connectivity index (χ0v) is 12.2. The summed E-state index contributed by atoms with van der Waals surface area (Å²) in [5.74, 6) is -1.26. The van der Waals surface area contributed by atoms with E-state index < -0.39 is 19.0 Å². The third-order valence-electron chi connectivity index (χ3n) is 4.92. The topological polar surface area (TPSA) is 54.4 Å². The number of rotatable bonds is 2. The highest BCUT2D eigenvalue weighted by Crippen LogP contribution is 2.69. The predicted octanol–water partition coefficient (Wildman–Crippen LogP) is 2.57. The molecule has 0 spiro atoms. The van der Waals surface area contributed by atoms with Crippen molar-refractivity contribution in [1.29, 1.82) is 0 Å². The third-order valence-corrected chi connectivity index (χ3v) is 8.58. The molecular weight excluding hydrogens is 283 g/mol. The van der Waals surface area contributed by atoms with Crippen LogP contribution in [0.2, 0.25) is 0 Å². The summed E-state index contributed by atoms with van der Waals surface area (Å²) < 4.78 is 13.8. The summed E-state index contributed by atoms with van der Waals surface area (Å²) in [4.78, 5) is 11.4. The maximum Gasteiger partial charge on any atom is 0.307 e. The smallest absolute Gasteiger partial charge is 0.307 e. The first-order chi connectivity index (χ1) is 10.1. The molecule has 4 heteroatoms. The van der Waals surface area contributed by atoms with E-state index in [4.69, 9.17) is 0 Å². The third kappa shape index (κ3) is 1.55. The second-order valence-electron chi connectivity index (χ2n) is 5.83. The highest BCUT2D eigenvalue weighted by molar-refractivity contribution is 7.80. The van der Waals surface area contributed by atoms with E-state index in [0.29, 0.717) is 6.42 Å². The maximum atomic E-state index is 13.8. The number of carboxylic acids is 1. The molecule has 21 heavy (non-hydrogen) atoms. The van der Waals surface area contributed by atoms with Crippen LogP contribution in [-0.2, 0) is 9.36 Å². The van der Waals surface area contributed by atoms with Gasteiger partial charge in [-0.15, -0.1) is 0 Å². The lowest BCUT2D eigenvalue weighted by atomic mass is 9.70. The molecule has 0 bridgehead atoms. The quantitative estimate of drug-likeness (QED) is 0.867. The summed E-state index contributed by atoms with van der Waals surface area (Å²) in [5, 5.41) is 11.1. The zero-order valence-electron chi connectivity index (χ0n) is 11.3. The van der Waals surface area contributed by atoms with Crippen LogP contribution in [0.4, 0.5) is 0 Å². The molecule has 2 aromatic rings. The normalized spacial score (nSPS) is 32.9. The monoisotopic (exact) mass is 298 g/mol. The first kappa shape index (κ1) is 12.8. The van der Waals surface area contributed by atoms with E-state index in [2.05, 4.69) is 0 Å². The number of carbonyl (C=O) groups is 1. The SMILES string of the molecule is O=C(O)C1CC2C1c1ccccc1P2(=O)c1ccccc1.